The highest BCUT2D eigenvalue weighted by Gasteiger charge is 2.23. The van der Waals surface area contributed by atoms with Crippen LogP contribution in [0.4, 0.5) is 8.78 Å². The van der Waals surface area contributed by atoms with Crippen LogP contribution in [-0.2, 0) is 14.3 Å². The SMILES string of the molecule is CC(C)N(C(=O)COC(=O)CSc1nnc(-c2ccccc2F)n1-c1ccc(F)cc1)C(C)C. The van der Waals surface area contributed by atoms with E-state index in [1.165, 1.54) is 30.3 Å². The molecule has 0 unspecified atom stereocenters. The molecular weight excluding hydrogens is 462 g/mol. The van der Waals surface area contributed by atoms with E-state index < -0.39 is 17.6 Å². The van der Waals surface area contributed by atoms with Crippen molar-refractivity contribution >= 4 is 23.6 Å². The number of hydrogen-bond donors (Lipinski definition) is 0. The molecule has 3 aromatic rings. The summed E-state index contributed by atoms with van der Waals surface area (Å²) < 4.78 is 34.6. The van der Waals surface area contributed by atoms with E-state index in [0.717, 1.165) is 11.8 Å². The number of esters is 1. The van der Waals surface area contributed by atoms with Crippen molar-refractivity contribution in [2.45, 2.75) is 44.9 Å². The van der Waals surface area contributed by atoms with Gasteiger partial charge in [-0.25, -0.2) is 8.78 Å². The first-order valence-electron chi connectivity index (χ1n) is 10.7. The normalized spacial score (nSPS) is 11.2. The van der Waals surface area contributed by atoms with Crippen LogP contribution in [0, 0.1) is 11.6 Å². The Morgan fingerprint density at radius 3 is 2.26 bits per heavy atom. The fourth-order valence-corrected chi connectivity index (χ4v) is 4.31. The van der Waals surface area contributed by atoms with E-state index in [1.54, 1.807) is 27.7 Å². The first-order valence-corrected chi connectivity index (χ1v) is 11.7. The minimum atomic E-state index is -0.605. The molecule has 0 aliphatic heterocycles. The molecule has 0 saturated carbocycles. The molecule has 1 amide bonds. The molecule has 0 aliphatic rings. The van der Waals surface area contributed by atoms with Gasteiger partial charge in [-0.05, 0) is 64.1 Å². The molecule has 2 aromatic carbocycles. The predicted molar refractivity (Wildman–Crippen MR) is 126 cm³/mol. The Kier molecular flexibility index (Phi) is 8.38. The molecule has 10 heteroatoms. The largest absolute Gasteiger partial charge is 0.455 e. The summed E-state index contributed by atoms with van der Waals surface area (Å²) in [7, 11) is 0. The average Bonchev–Trinajstić information content (AvgIpc) is 3.20. The van der Waals surface area contributed by atoms with Crippen LogP contribution < -0.4 is 0 Å². The zero-order chi connectivity index (χ0) is 24.8. The smallest absolute Gasteiger partial charge is 0.316 e. The van der Waals surface area contributed by atoms with Gasteiger partial charge in [0.25, 0.3) is 5.91 Å². The van der Waals surface area contributed by atoms with Crippen LogP contribution in [-0.4, -0.2) is 56.0 Å². The quantitative estimate of drug-likeness (QED) is 0.326. The number of carbonyl (C=O) groups is 2. The van der Waals surface area contributed by atoms with Gasteiger partial charge in [-0.1, -0.05) is 23.9 Å². The number of aromatic nitrogens is 3. The lowest BCUT2D eigenvalue weighted by Gasteiger charge is -2.30. The average molecular weight is 489 g/mol. The molecule has 180 valence electrons. The number of halogens is 2. The summed E-state index contributed by atoms with van der Waals surface area (Å²) >= 11 is 1.02. The molecule has 3 rings (SSSR count). The van der Waals surface area contributed by atoms with E-state index in [0.29, 0.717) is 10.8 Å². The first kappa shape index (κ1) is 25.4. The maximum Gasteiger partial charge on any atom is 0.316 e. The third-order valence-electron chi connectivity index (χ3n) is 4.91. The van der Waals surface area contributed by atoms with Crippen molar-refractivity contribution in [3.05, 3.63) is 60.2 Å². The molecule has 0 fully saturated rings. The Balaban J connectivity index is 1.77. The summed E-state index contributed by atoms with van der Waals surface area (Å²) in [6, 6.07) is 11.6. The van der Waals surface area contributed by atoms with Gasteiger partial charge in [-0.3, -0.25) is 14.2 Å². The van der Waals surface area contributed by atoms with E-state index in [-0.39, 0.29) is 41.7 Å². The summed E-state index contributed by atoms with van der Waals surface area (Å²) in [6.45, 7) is 7.22. The molecule has 7 nitrogen and oxygen atoms in total. The molecule has 0 spiro atoms. The van der Waals surface area contributed by atoms with Gasteiger partial charge in [0.15, 0.2) is 17.6 Å². The van der Waals surface area contributed by atoms with Gasteiger partial charge in [0.05, 0.1) is 11.3 Å². The van der Waals surface area contributed by atoms with Crippen molar-refractivity contribution in [2.75, 3.05) is 12.4 Å². The maximum absolute atomic E-state index is 14.5. The van der Waals surface area contributed by atoms with Crippen LogP contribution in [0.2, 0.25) is 0 Å². The number of rotatable bonds is 9. The zero-order valence-corrected chi connectivity index (χ0v) is 20.2. The summed E-state index contributed by atoms with van der Waals surface area (Å²) in [4.78, 5) is 26.4. The Morgan fingerprint density at radius 2 is 1.65 bits per heavy atom. The Hall–Kier alpha value is -3.27. The van der Waals surface area contributed by atoms with Crippen molar-refractivity contribution in [3.8, 4) is 17.1 Å². The molecule has 1 aromatic heterocycles. The van der Waals surface area contributed by atoms with Crippen molar-refractivity contribution < 1.29 is 23.1 Å². The van der Waals surface area contributed by atoms with Gasteiger partial charge in [0.2, 0.25) is 0 Å². The van der Waals surface area contributed by atoms with Crippen molar-refractivity contribution in [1.29, 1.82) is 0 Å². The molecule has 0 aliphatic carbocycles. The lowest BCUT2D eigenvalue weighted by Crippen LogP contribution is -2.44. The lowest BCUT2D eigenvalue weighted by molar-refractivity contribution is -0.151. The molecule has 0 atom stereocenters. The summed E-state index contributed by atoms with van der Waals surface area (Å²) in [5.41, 5.74) is 0.710. The van der Waals surface area contributed by atoms with Gasteiger partial charge in [-0.2, -0.15) is 0 Å². The lowest BCUT2D eigenvalue weighted by atomic mass is 10.2. The summed E-state index contributed by atoms with van der Waals surface area (Å²) in [5.74, 6) is -1.74. The van der Waals surface area contributed by atoms with Crippen LogP contribution in [0.3, 0.4) is 0 Å². The minimum absolute atomic E-state index is 0.0216. The van der Waals surface area contributed by atoms with Crippen LogP contribution >= 0.6 is 11.8 Å². The third kappa shape index (κ3) is 5.99. The monoisotopic (exact) mass is 488 g/mol. The summed E-state index contributed by atoms with van der Waals surface area (Å²) in [5, 5.41) is 8.50. The highest BCUT2D eigenvalue weighted by atomic mass is 32.2. The van der Waals surface area contributed by atoms with Crippen LogP contribution in [0.25, 0.3) is 17.1 Å². The van der Waals surface area contributed by atoms with Crippen LogP contribution in [0.5, 0.6) is 0 Å². The second kappa shape index (κ2) is 11.2. The molecule has 0 radical (unpaired) electrons. The zero-order valence-electron chi connectivity index (χ0n) is 19.4. The second-order valence-electron chi connectivity index (χ2n) is 8.04. The number of thioether (sulfide) groups is 1. The standard InChI is InChI=1S/C24H26F2N4O3S/c1-15(2)29(16(3)4)21(31)13-33-22(32)14-34-24-28-27-23(19-7-5-6-8-20(19)26)30(24)18-11-9-17(25)10-12-18/h5-12,15-16H,13-14H2,1-4H3. The maximum atomic E-state index is 14.5. The minimum Gasteiger partial charge on any atom is -0.455 e. The molecule has 34 heavy (non-hydrogen) atoms. The fourth-order valence-electron chi connectivity index (χ4n) is 3.56. The molecule has 0 bridgehead atoms. The van der Waals surface area contributed by atoms with E-state index in [1.807, 2.05) is 27.7 Å². The number of carbonyl (C=O) groups excluding carboxylic acids is 2. The van der Waals surface area contributed by atoms with Gasteiger partial charge in [0, 0.05) is 17.8 Å². The van der Waals surface area contributed by atoms with E-state index in [9.17, 15) is 18.4 Å². The summed E-state index contributed by atoms with van der Waals surface area (Å²) in [6.07, 6.45) is 0. The Labute approximate surface area is 201 Å². The van der Waals surface area contributed by atoms with E-state index in [2.05, 4.69) is 10.2 Å². The first-order chi connectivity index (χ1) is 16.2. The van der Waals surface area contributed by atoms with Gasteiger partial charge >= 0.3 is 5.97 Å². The van der Waals surface area contributed by atoms with Gasteiger partial charge in [0.1, 0.15) is 11.6 Å². The topological polar surface area (TPSA) is 77.3 Å². The Morgan fingerprint density at radius 1 is 1.00 bits per heavy atom. The van der Waals surface area contributed by atoms with Crippen LogP contribution in [0.15, 0.2) is 53.7 Å². The number of benzene rings is 2. The van der Waals surface area contributed by atoms with Gasteiger partial charge in [-0.15, -0.1) is 10.2 Å². The highest BCUT2D eigenvalue weighted by molar-refractivity contribution is 7.99. The number of ether oxygens (including phenoxy) is 1. The van der Waals surface area contributed by atoms with Gasteiger partial charge < -0.3 is 9.64 Å². The highest BCUT2D eigenvalue weighted by Crippen LogP contribution is 2.29. The second-order valence-corrected chi connectivity index (χ2v) is 8.98. The number of amides is 1. The molecule has 0 saturated heterocycles. The number of hydrogen-bond acceptors (Lipinski definition) is 6. The van der Waals surface area contributed by atoms with E-state index in [4.69, 9.17) is 4.74 Å². The number of nitrogens with zero attached hydrogens (tertiary/aromatic N) is 4. The molecular formula is C24H26F2N4O3S. The molecule has 1 heterocycles. The Bertz CT molecular complexity index is 1140. The molecule has 0 N–H and O–H groups in total. The van der Waals surface area contributed by atoms with Crippen molar-refractivity contribution in [2.24, 2.45) is 0 Å². The fraction of sp³-hybridized carbons (Fsp3) is 0.333. The van der Waals surface area contributed by atoms with E-state index >= 15 is 0 Å². The van der Waals surface area contributed by atoms with Crippen molar-refractivity contribution in [1.82, 2.24) is 19.7 Å². The van der Waals surface area contributed by atoms with Crippen LogP contribution in [0.1, 0.15) is 27.7 Å². The van der Waals surface area contributed by atoms with Crippen molar-refractivity contribution in [3.63, 3.8) is 0 Å². The predicted octanol–water partition coefficient (Wildman–Crippen LogP) is 4.49. The third-order valence-corrected chi connectivity index (χ3v) is 5.81.